The van der Waals surface area contributed by atoms with Crippen LogP contribution < -0.4 is 5.32 Å². The first kappa shape index (κ1) is 25.2. The van der Waals surface area contributed by atoms with Crippen LogP contribution >= 0.6 is 0 Å². The van der Waals surface area contributed by atoms with Gasteiger partial charge in [0.2, 0.25) is 5.91 Å². The monoisotopic (exact) mass is 496 g/mol. The highest BCUT2D eigenvalue weighted by Crippen LogP contribution is 2.54. The number of allylic oxidation sites excluding steroid dienone is 8. The number of ketones is 2. The molecule has 1 aromatic carbocycles. The molecule has 5 nitrogen and oxygen atoms in total. The summed E-state index contributed by atoms with van der Waals surface area (Å²) in [7, 11) is 0. The highest BCUT2D eigenvalue weighted by molar-refractivity contribution is 6.15. The second-order valence-electron chi connectivity index (χ2n) is 11.3. The maximum absolute atomic E-state index is 14.1. The van der Waals surface area contributed by atoms with Crippen LogP contribution in [0.15, 0.2) is 78.1 Å². The lowest BCUT2D eigenvalue weighted by Gasteiger charge is -2.44. The van der Waals surface area contributed by atoms with E-state index in [4.69, 9.17) is 0 Å². The number of benzene rings is 1. The molecule has 6 atom stereocenters. The summed E-state index contributed by atoms with van der Waals surface area (Å²) in [6, 6.07) is 7.95. The second-order valence-corrected chi connectivity index (χ2v) is 11.3. The van der Waals surface area contributed by atoms with Gasteiger partial charge in [-0.1, -0.05) is 67.5 Å². The first-order valence-electron chi connectivity index (χ1n) is 13.3. The number of H-pyrrole nitrogens is 1. The van der Waals surface area contributed by atoms with E-state index in [1.807, 2.05) is 31.3 Å². The van der Waals surface area contributed by atoms with Crippen LogP contribution in [0.4, 0.5) is 0 Å². The average molecular weight is 497 g/mol. The van der Waals surface area contributed by atoms with Crippen molar-refractivity contribution in [1.29, 1.82) is 0 Å². The Morgan fingerprint density at radius 3 is 2.62 bits per heavy atom. The first-order chi connectivity index (χ1) is 17.7. The van der Waals surface area contributed by atoms with Crippen LogP contribution in [0.25, 0.3) is 10.9 Å². The number of carbonyl (C=O) groups is 3. The van der Waals surface area contributed by atoms with E-state index in [0.29, 0.717) is 6.42 Å². The molecule has 2 aliphatic carbocycles. The summed E-state index contributed by atoms with van der Waals surface area (Å²) < 4.78 is 0. The Morgan fingerprint density at radius 1 is 1.03 bits per heavy atom. The van der Waals surface area contributed by atoms with E-state index < -0.39 is 5.41 Å². The van der Waals surface area contributed by atoms with Crippen molar-refractivity contribution in [3.05, 3.63) is 83.6 Å². The lowest BCUT2D eigenvalue weighted by atomic mass is 9.55. The molecule has 1 amide bonds. The van der Waals surface area contributed by atoms with Gasteiger partial charge in [-0.15, -0.1) is 0 Å². The van der Waals surface area contributed by atoms with E-state index in [1.54, 1.807) is 0 Å². The van der Waals surface area contributed by atoms with Crippen LogP contribution in [0.1, 0.15) is 46.1 Å². The molecule has 1 spiro atoms. The Labute approximate surface area is 218 Å². The van der Waals surface area contributed by atoms with Crippen LogP contribution in [-0.4, -0.2) is 28.5 Å². The average Bonchev–Trinajstić information content (AvgIpc) is 3.39. The van der Waals surface area contributed by atoms with Crippen molar-refractivity contribution in [2.24, 2.45) is 29.1 Å². The van der Waals surface area contributed by atoms with Gasteiger partial charge in [0, 0.05) is 41.4 Å². The van der Waals surface area contributed by atoms with Gasteiger partial charge in [-0.2, -0.15) is 0 Å². The smallest absolute Gasteiger partial charge is 0.235 e. The van der Waals surface area contributed by atoms with Crippen LogP contribution in [-0.2, 0) is 20.8 Å². The van der Waals surface area contributed by atoms with Crippen molar-refractivity contribution in [2.45, 2.75) is 53.0 Å². The molecule has 3 aliphatic rings. The molecule has 1 saturated heterocycles. The van der Waals surface area contributed by atoms with E-state index in [-0.39, 0.29) is 53.6 Å². The molecule has 192 valence electrons. The van der Waals surface area contributed by atoms with Gasteiger partial charge < -0.3 is 10.3 Å². The molecule has 0 unspecified atom stereocenters. The number of amides is 1. The van der Waals surface area contributed by atoms with Crippen LogP contribution in [0, 0.1) is 29.1 Å². The van der Waals surface area contributed by atoms with Gasteiger partial charge in [0.1, 0.15) is 5.41 Å². The SMILES string of the molecule is CC1=C[C@@H]2/C=C\C[C@H](C)/C=C(/C)CC(=O)/C=C\C(=O)[C@@]23C(=O)N[C@@H](Cc2c[nH]c4ccccc24)[C@@H]3[C@@H]1C. The third-order valence-electron chi connectivity index (χ3n) is 8.69. The van der Waals surface area contributed by atoms with Gasteiger partial charge in [0.15, 0.2) is 11.6 Å². The van der Waals surface area contributed by atoms with Crippen molar-refractivity contribution < 1.29 is 14.4 Å². The lowest BCUT2D eigenvalue weighted by Crippen LogP contribution is -2.51. The summed E-state index contributed by atoms with van der Waals surface area (Å²) in [6.45, 7) is 8.31. The Balaban J connectivity index is 1.60. The van der Waals surface area contributed by atoms with E-state index >= 15 is 0 Å². The Hall–Kier alpha value is -3.47. The molecule has 1 fully saturated rings. The number of nitrogens with one attached hydrogen (secondary N) is 2. The zero-order chi connectivity index (χ0) is 26.3. The first-order valence-corrected chi connectivity index (χ1v) is 13.3. The quantitative estimate of drug-likeness (QED) is 0.417. The fourth-order valence-corrected chi connectivity index (χ4v) is 6.87. The molecule has 1 aliphatic heterocycles. The van der Waals surface area contributed by atoms with Crippen molar-refractivity contribution in [1.82, 2.24) is 10.3 Å². The van der Waals surface area contributed by atoms with Crippen molar-refractivity contribution in [3.63, 3.8) is 0 Å². The van der Waals surface area contributed by atoms with E-state index in [0.717, 1.165) is 28.5 Å². The van der Waals surface area contributed by atoms with E-state index in [1.165, 1.54) is 17.7 Å². The number of hydrogen-bond donors (Lipinski definition) is 2. The molecule has 5 heteroatoms. The Morgan fingerprint density at radius 2 is 1.81 bits per heavy atom. The molecule has 1 aromatic heterocycles. The summed E-state index contributed by atoms with van der Waals surface area (Å²) in [5.41, 5.74) is 3.10. The van der Waals surface area contributed by atoms with Gasteiger partial charge in [-0.05, 0) is 62.3 Å². The van der Waals surface area contributed by atoms with Gasteiger partial charge >= 0.3 is 0 Å². The standard InChI is InChI=1S/C32H36N2O3/c1-19-8-7-9-24-16-21(3)22(4)30-28(17-23-18-33-27-11-6-5-10-26(23)27)34-31(37)32(24,30)29(36)13-12-25(35)15-20(2)14-19/h5-7,9-14,16,18-19,22,24,28,30,33H,8,15,17H2,1-4H3,(H,34,37)/b9-7-,13-12-,20-14-/t19-,22+,24-,28-,30-,32-/m0/s1. The Kier molecular flexibility index (Phi) is 6.65. The largest absolute Gasteiger partial charge is 0.361 e. The maximum Gasteiger partial charge on any atom is 0.235 e. The summed E-state index contributed by atoms with van der Waals surface area (Å²) in [4.78, 5) is 44.1. The molecule has 0 saturated carbocycles. The predicted molar refractivity (Wildman–Crippen MR) is 147 cm³/mol. The third-order valence-corrected chi connectivity index (χ3v) is 8.69. The molecule has 0 radical (unpaired) electrons. The lowest BCUT2D eigenvalue weighted by molar-refractivity contribution is -0.142. The second kappa shape index (κ2) is 9.77. The summed E-state index contributed by atoms with van der Waals surface area (Å²) in [5, 5.41) is 4.38. The van der Waals surface area contributed by atoms with Crippen LogP contribution in [0.5, 0.6) is 0 Å². The van der Waals surface area contributed by atoms with Crippen molar-refractivity contribution >= 4 is 28.4 Å². The zero-order valence-electron chi connectivity index (χ0n) is 22.1. The van der Waals surface area contributed by atoms with Crippen LogP contribution in [0.3, 0.4) is 0 Å². The van der Waals surface area contributed by atoms with Gasteiger partial charge in [-0.3, -0.25) is 14.4 Å². The van der Waals surface area contributed by atoms with E-state index in [2.05, 4.69) is 61.4 Å². The highest BCUT2D eigenvalue weighted by Gasteiger charge is 2.64. The van der Waals surface area contributed by atoms with Gasteiger partial charge in [0.05, 0.1) is 0 Å². The molecular formula is C32H36N2O3. The number of fused-ring (bicyclic) bond motifs is 1. The Bertz CT molecular complexity index is 1370. The minimum absolute atomic E-state index is 0.0328. The molecule has 0 bridgehead atoms. The molecule has 5 rings (SSSR count). The summed E-state index contributed by atoms with van der Waals surface area (Å²) in [6.07, 6.45) is 14.8. The van der Waals surface area contributed by atoms with Crippen LogP contribution in [0.2, 0.25) is 0 Å². The third kappa shape index (κ3) is 4.35. The molecule has 37 heavy (non-hydrogen) atoms. The van der Waals surface area contributed by atoms with Gasteiger partial charge in [-0.25, -0.2) is 0 Å². The molecule has 2 aromatic rings. The number of aromatic amines is 1. The number of aromatic nitrogens is 1. The van der Waals surface area contributed by atoms with Gasteiger partial charge in [0.25, 0.3) is 0 Å². The molecular weight excluding hydrogens is 460 g/mol. The predicted octanol–water partition coefficient (Wildman–Crippen LogP) is 5.65. The number of hydrogen-bond acceptors (Lipinski definition) is 3. The zero-order valence-corrected chi connectivity index (χ0v) is 22.1. The topological polar surface area (TPSA) is 79.0 Å². The summed E-state index contributed by atoms with van der Waals surface area (Å²) >= 11 is 0. The molecule has 2 heterocycles. The normalized spacial score (nSPS) is 35.7. The number of rotatable bonds is 2. The maximum atomic E-state index is 14.1. The van der Waals surface area contributed by atoms with Crippen molar-refractivity contribution in [3.8, 4) is 0 Å². The minimum Gasteiger partial charge on any atom is -0.361 e. The van der Waals surface area contributed by atoms with E-state index in [9.17, 15) is 14.4 Å². The summed E-state index contributed by atoms with van der Waals surface area (Å²) in [5.74, 6) is -0.928. The number of para-hydroxylation sites is 1. The fraction of sp³-hybridized carbons (Fsp3) is 0.406. The minimum atomic E-state index is -1.28. The molecule has 2 N–H and O–H groups in total. The fourth-order valence-electron chi connectivity index (χ4n) is 6.87. The highest BCUT2D eigenvalue weighted by atomic mass is 16.2. The number of carbonyl (C=O) groups excluding carboxylic acids is 3. The van der Waals surface area contributed by atoms with Crippen molar-refractivity contribution in [2.75, 3.05) is 0 Å².